The third kappa shape index (κ3) is 2.49. The second-order valence-corrected chi connectivity index (χ2v) is 3.87. The zero-order valence-electron chi connectivity index (χ0n) is 9.73. The van der Waals surface area contributed by atoms with Crippen LogP contribution >= 0.6 is 0 Å². The number of benzene rings is 2. The highest BCUT2D eigenvalue weighted by Gasteiger charge is 2.13. The molecule has 2 nitrogen and oxygen atoms in total. The standard InChI is InChI=1S/C14H12F2O2/c1-9(17)10-5-2-3-7-12(10)18-13-8-4-6-11(15)14(13)16/h2-9,17H,1H3. The summed E-state index contributed by atoms with van der Waals surface area (Å²) in [6.07, 6.45) is -0.752. The van der Waals surface area contributed by atoms with Crippen LogP contribution in [-0.4, -0.2) is 5.11 Å². The van der Waals surface area contributed by atoms with Crippen LogP contribution in [0.1, 0.15) is 18.6 Å². The van der Waals surface area contributed by atoms with Crippen LogP contribution in [0.3, 0.4) is 0 Å². The Balaban J connectivity index is 2.37. The molecule has 2 aromatic carbocycles. The Morgan fingerprint density at radius 3 is 2.39 bits per heavy atom. The molecular weight excluding hydrogens is 238 g/mol. The molecule has 0 aliphatic rings. The number of aliphatic hydroxyl groups excluding tert-OH is 1. The van der Waals surface area contributed by atoms with Crippen LogP contribution in [0, 0.1) is 11.6 Å². The van der Waals surface area contributed by atoms with Crippen molar-refractivity contribution in [2.24, 2.45) is 0 Å². The average Bonchev–Trinajstić information content (AvgIpc) is 2.35. The summed E-state index contributed by atoms with van der Waals surface area (Å²) in [6.45, 7) is 1.57. The largest absolute Gasteiger partial charge is 0.454 e. The molecule has 2 aromatic rings. The van der Waals surface area contributed by atoms with Gasteiger partial charge in [0.15, 0.2) is 11.6 Å². The molecule has 0 fully saturated rings. The van der Waals surface area contributed by atoms with Gasteiger partial charge in [-0.15, -0.1) is 0 Å². The predicted molar refractivity (Wildman–Crippen MR) is 63.5 cm³/mol. The number of para-hydroxylation sites is 1. The summed E-state index contributed by atoms with van der Waals surface area (Å²) in [7, 11) is 0. The lowest BCUT2D eigenvalue weighted by Crippen LogP contribution is -1.97. The van der Waals surface area contributed by atoms with Crippen molar-refractivity contribution < 1.29 is 18.6 Å². The van der Waals surface area contributed by atoms with E-state index >= 15 is 0 Å². The van der Waals surface area contributed by atoms with Crippen molar-refractivity contribution in [3.05, 3.63) is 59.7 Å². The van der Waals surface area contributed by atoms with E-state index in [1.54, 1.807) is 31.2 Å². The molecule has 0 heterocycles. The lowest BCUT2D eigenvalue weighted by atomic mass is 10.1. The van der Waals surface area contributed by atoms with Crippen LogP contribution < -0.4 is 4.74 Å². The molecule has 0 saturated carbocycles. The van der Waals surface area contributed by atoms with Crippen LogP contribution in [0.5, 0.6) is 11.5 Å². The van der Waals surface area contributed by atoms with Gasteiger partial charge in [0.25, 0.3) is 0 Å². The maximum atomic E-state index is 13.5. The molecule has 0 amide bonds. The maximum Gasteiger partial charge on any atom is 0.201 e. The van der Waals surface area contributed by atoms with E-state index in [4.69, 9.17) is 4.74 Å². The van der Waals surface area contributed by atoms with Gasteiger partial charge >= 0.3 is 0 Å². The maximum absolute atomic E-state index is 13.5. The highest BCUT2D eigenvalue weighted by Crippen LogP contribution is 2.31. The molecule has 0 bridgehead atoms. The fraction of sp³-hybridized carbons (Fsp3) is 0.143. The van der Waals surface area contributed by atoms with Crippen LogP contribution in [0.25, 0.3) is 0 Å². The van der Waals surface area contributed by atoms with E-state index in [-0.39, 0.29) is 5.75 Å². The minimum absolute atomic E-state index is 0.205. The quantitative estimate of drug-likeness (QED) is 0.897. The number of hydrogen-bond donors (Lipinski definition) is 1. The number of halogens is 2. The summed E-state index contributed by atoms with van der Waals surface area (Å²) in [6, 6.07) is 10.4. The van der Waals surface area contributed by atoms with Crippen molar-refractivity contribution in [2.75, 3.05) is 0 Å². The first kappa shape index (κ1) is 12.5. The molecule has 0 spiro atoms. The first-order chi connectivity index (χ1) is 8.59. The van der Waals surface area contributed by atoms with Gasteiger partial charge in [-0.3, -0.25) is 0 Å². The van der Waals surface area contributed by atoms with E-state index in [1.165, 1.54) is 12.1 Å². The summed E-state index contributed by atoms with van der Waals surface area (Å²) in [5, 5.41) is 9.56. The first-order valence-corrected chi connectivity index (χ1v) is 5.48. The molecule has 0 aromatic heterocycles. The number of rotatable bonds is 3. The van der Waals surface area contributed by atoms with E-state index in [9.17, 15) is 13.9 Å². The van der Waals surface area contributed by atoms with Gasteiger partial charge in [0.05, 0.1) is 6.10 Å². The molecule has 0 aliphatic heterocycles. The third-order valence-electron chi connectivity index (χ3n) is 2.51. The van der Waals surface area contributed by atoms with E-state index < -0.39 is 17.7 Å². The summed E-state index contributed by atoms with van der Waals surface area (Å²) >= 11 is 0. The molecule has 4 heteroatoms. The van der Waals surface area contributed by atoms with Gasteiger partial charge in [-0.2, -0.15) is 4.39 Å². The Kier molecular flexibility index (Phi) is 3.58. The molecule has 0 saturated heterocycles. The summed E-state index contributed by atoms with van der Waals surface area (Å²) in [5.41, 5.74) is 0.515. The van der Waals surface area contributed by atoms with Crippen molar-refractivity contribution in [1.82, 2.24) is 0 Å². The number of aliphatic hydroxyl groups is 1. The van der Waals surface area contributed by atoms with Crippen molar-refractivity contribution >= 4 is 0 Å². The minimum atomic E-state index is -1.04. The molecule has 0 aliphatic carbocycles. The zero-order chi connectivity index (χ0) is 13.1. The lowest BCUT2D eigenvalue weighted by molar-refractivity contribution is 0.195. The number of hydrogen-bond acceptors (Lipinski definition) is 2. The van der Waals surface area contributed by atoms with Gasteiger partial charge < -0.3 is 9.84 Å². The monoisotopic (exact) mass is 250 g/mol. The van der Waals surface area contributed by atoms with Crippen LogP contribution in [0.4, 0.5) is 8.78 Å². The fourth-order valence-corrected chi connectivity index (χ4v) is 1.60. The second-order valence-electron chi connectivity index (χ2n) is 3.87. The van der Waals surface area contributed by atoms with Gasteiger partial charge in [0.1, 0.15) is 5.75 Å². The third-order valence-corrected chi connectivity index (χ3v) is 2.51. The van der Waals surface area contributed by atoms with Crippen molar-refractivity contribution in [3.8, 4) is 11.5 Å². The molecule has 1 N–H and O–H groups in total. The predicted octanol–water partition coefficient (Wildman–Crippen LogP) is 3.81. The van der Waals surface area contributed by atoms with E-state index in [2.05, 4.69) is 0 Å². The van der Waals surface area contributed by atoms with Gasteiger partial charge in [0, 0.05) is 5.56 Å². The van der Waals surface area contributed by atoms with E-state index in [1.807, 2.05) is 0 Å². The van der Waals surface area contributed by atoms with Crippen LogP contribution in [0.2, 0.25) is 0 Å². The molecular formula is C14H12F2O2. The van der Waals surface area contributed by atoms with Crippen molar-refractivity contribution in [2.45, 2.75) is 13.0 Å². The zero-order valence-corrected chi connectivity index (χ0v) is 9.73. The van der Waals surface area contributed by atoms with Gasteiger partial charge in [-0.1, -0.05) is 24.3 Å². The SMILES string of the molecule is CC(O)c1ccccc1Oc1cccc(F)c1F. The summed E-state index contributed by atoms with van der Waals surface area (Å²) in [5.74, 6) is -1.92. The van der Waals surface area contributed by atoms with Crippen LogP contribution in [-0.2, 0) is 0 Å². The highest BCUT2D eigenvalue weighted by molar-refractivity contribution is 5.39. The molecule has 2 rings (SSSR count). The normalized spacial score (nSPS) is 12.2. The van der Waals surface area contributed by atoms with E-state index in [0.717, 1.165) is 6.07 Å². The Hall–Kier alpha value is -1.94. The van der Waals surface area contributed by atoms with Gasteiger partial charge in [-0.25, -0.2) is 4.39 Å². The van der Waals surface area contributed by atoms with Crippen molar-refractivity contribution in [3.63, 3.8) is 0 Å². The Morgan fingerprint density at radius 2 is 1.67 bits per heavy atom. The average molecular weight is 250 g/mol. The molecule has 18 heavy (non-hydrogen) atoms. The summed E-state index contributed by atoms with van der Waals surface area (Å²) < 4.78 is 31.8. The fourth-order valence-electron chi connectivity index (χ4n) is 1.60. The Bertz CT molecular complexity index is 553. The molecule has 0 radical (unpaired) electrons. The Labute approximate surface area is 103 Å². The lowest BCUT2D eigenvalue weighted by Gasteiger charge is -2.13. The van der Waals surface area contributed by atoms with Crippen LogP contribution in [0.15, 0.2) is 42.5 Å². The molecule has 1 atom stereocenters. The smallest absolute Gasteiger partial charge is 0.201 e. The molecule has 1 unspecified atom stereocenters. The number of ether oxygens (including phenoxy) is 1. The first-order valence-electron chi connectivity index (χ1n) is 5.48. The summed E-state index contributed by atoms with van der Waals surface area (Å²) in [4.78, 5) is 0. The Morgan fingerprint density at radius 1 is 1.00 bits per heavy atom. The topological polar surface area (TPSA) is 29.5 Å². The minimum Gasteiger partial charge on any atom is -0.454 e. The van der Waals surface area contributed by atoms with Gasteiger partial charge in [-0.05, 0) is 25.1 Å². The second kappa shape index (κ2) is 5.14. The van der Waals surface area contributed by atoms with Crippen molar-refractivity contribution in [1.29, 1.82) is 0 Å². The van der Waals surface area contributed by atoms with E-state index in [0.29, 0.717) is 11.3 Å². The highest BCUT2D eigenvalue weighted by atomic mass is 19.2. The van der Waals surface area contributed by atoms with Gasteiger partial charge in [0.2, 0.25) is 5.82 Å². The molecule has 94 valence electrons.